The number of benzene rings is 1. The Morgan fingerprint density at radius 3 is 2.23 bits per heavy atom. The standard InChI is InChI=1S/C11H17NO/c1-8-4-9(2)6-11(5-8)12-7-10(3)13/h4-6,10,12-13H,7H2,1-3H3. The van der Waals surface area contributed by atoms with Gasteiger partial charge in [-0.25, -0.2) is 0 Å². The molecule has 2 heteroatoms. The Kier molecular flexibility index (Phi) is 3.32. The average Bonchev–Trinajstić information content (AvgIpc) is 1.99. The summed E-state index contributed by atoms with van der Waals surface area (Å²) in [6.07, 6.45) is -0.305. The lowest BCUT2D eigenvalue weighted by Gasteiger charge is -2.09. The van der Waals surface area contributed by atoms with Gasteiger partial charge in [0.2, 0.25) is 0 Å². The minimum absolute atomic E-state index is 0.305. The number of aryl methyl sites for hydroxylation is 2. The van der Waals surface area contributed by atoms with E-state index in [2.05, 4.69) is 37.4 Å². The van der Waals surface area contributed by atoms with Gasteiger partial charge in [-0.05, 0) is 44.0 Å². The highest BCUT2D eigenvalue weighted by Crippen LogP contribution is 2.13. The third-order valence-electron chi connectivity index (χ3n) is 1.82. The van der Waals surface area contributed by atoms with Crippen molar-refractivity contribution in [2.45, 2.75) is 26.9 Å². The summed E-state index contributed by atoms with van der Waals surface area (Å²) in [5.74, 6) is 0. The Balaban J connectivity index is 2.66. The molecule has 0 saturated carbocycles. The maximum Gasteiger partial charge on any atom is 0.0684 e. The largest absolute Gasteiger partial charge is 0.392 e. The predicted octanol–water partition coefficient (Wildman–Crippen LogP) is 2.10. The van der Waals surface area contributed by atoms with Crippen molar-refractivity contribution in [2.75, 3.05) is 11.9 Å². The van der Waals surface area contributed by atoms with E-state index in [0.717, 1.165) is 5.69 Å². The Morgan fingerprint density at radius 2 is 1.77 bits per heavy atom. The third-order valence-corrected chi connectivity index (χ3v) is 1.82. The molecule has 0 fully saturated rings. The average molecular weight is 179 g/mol. The van der Waals surface area contributed by atoms with Gasteiger partial charge in [0.05, 0.1) is 6.10 Å². The molecule has 2 nitrogen and oxygen atoms in total. The number of aliphatic hydroxyl groups is 1. The first-order chi connectivity index (χ1) is 6.08. The fraction of sp³-hybridized carbons (Fsp3) is 0.455. The minimum Gasteiger partial charge on any atom is -0.392 e. The van der Waals surface area contributed by atoms with E-state index in [4.69, 9.17) is 5.11 Å². The van der Waals surface area contributed by atoms with Gasteiger partial charge in [0.1, 0.15) is 0 Å². The summed E-state index contributed by atoms with van der Waals surface area (Å²) >= 11 is 0. The quantitative estimate of drug-likeness (QED) is 0.744. The van der Waals surface area contributed by atoms with Crippen LogP contribution in [0.3, 0.4) is 0 Å². The molecule has 0 heterocycles. The number of nitrogens with one attached hydrogen (secondary N) is 1. The zero-order valence-corrected chi connectivity index (χ0v) is 8.46. The van der Waals surface area contributed by atoms with Crippen LogP contribution in [0.5, 0.6) is 0 Å². The van der Waals surface area contributed by atoms with Crippen molar-refractivity contribution < 1.29 is 5.11 Å². The van der Waals surface area contributed by atoms with Crippen LogP contribution in [0, 0.1) is 13.8 Å². The lowest BCUT2D eigenvalue weighted by atomic mass is 10.1. The van der Waals surface area contributed by atoms with E-state index in [-0.39, 0.29) is 6.10 Å². The molecule has 13 heavy (non-hydrogen) atoms. The van der Waals surface area contributed by atoms with Gasteiger partial charge in [-0.2, -0.15) is 0 Å². The maximum absolute atomic E-state index is 9.09. The summed E-state index contributed by atoms with van der Waals surface area (Å²) in [4.78, 5) is 0. The van der Waals surface area contributed by atoms with Crippen LogP contribution in [0.25, 0.3) is 0 Å². The second kappa shape index (κ2) is 4.28. The monoisotopic (exact) mass is 179 g/mol. The predicted molar refractivity (Wildman–Crippen MR) is 56.1 cm³/mol. The highest BCUT2D eigenvalue weighted by Gasteiger charge is 1.97. The highest BCUT2D eigenvalue weighted by molar-refractivity contribution is 5.48. The van der Waals surface area contributed by atoms with Gasteiger partial charge in [-0.1, -0.05) is 6.07 Å². The van der Waals surface area contributed by atoms with E-state index >= 15 is 0 Å². The summed E-state index contributed by atoms with van der Waals surface area (Å²) in [6.45, 7) is 6.51. The molecule has 0 amide bonds. The van der Waals surface area contributed by atoms with Crippen LogP contribution in [0.15, 0.2) is 18.2 Å². The Labute approximate surface area is 79.6 Å². The molecule has 72 valence electrons. The first-order valence-electron chi connectivity index (χ1n) is 4.58. The van der Waals surface area contributed by atoms with Crippen molar-refractivity contribution in [3.63, 3.8) is 0 Å². The molecular weight excluding hydrogens is 162 g/mol. The van der Waals surface area contributed by atoms with Crippen molar-refractivity contribution in [2.24, 2.45) is 0 Å². The van der Waals surface area contributed by atoms with Gasteiger partial charge in [0.15, 0.2) is 0 Å². The molecule has 0 aliphatic rings. The van der Waals surface area contributed by atoms with Crippen LogP contribution in [0.2, 0.25) is 0 Å². The normalized spacial score (nSPS) is 12.6. The van der Waals surface area contributed by atoms with E-state index in [1.165, 1.54) is 11.1 Å². The van der Waals surface area contributed by atoms with Gasteiger partial charge in [0.25, 0.3) is 0 Å². The molecule has 1 unspecified atom stereocenters. The summed E-state index contributed by atoms with van der Waals surface area (Å²) in [7, 11) is 0. The van der Waals surface area contributed by atoms with Gasteiger partial charge in [-0.3, -0.25) is 0 Å². The van der Waals surface area contributed by atoms with Crippen LogP contribution in [-0.4, -0.2) is 17.8 Å². The van der Waals surface area contributed by atoms with Crippen molar-refractivity contribution in [3.8, 4) is 0 Å². The molecule has 2 N–H and O–H groups in total. The second-order valence-corrected chi connectivity index (χ2v) is 3.61. The lowest BCUT2D eigenvalue weighted by molar-refractivity contribution is 0.208. The van der Waals surface area contributed by atoms with Gasteiger partial charge >= 0.3 is 0 Å². The fourth-order valence-corrected chi connectivity index (χ4v) is 1.34. The van der Waals surface area contributed by atoms with E-state index in [1.807, 2.05) is 0 Å². The molecule has 0 aromatic heterocycles. The summed E-state index contributed by atoms with van der Waals surface area (Å²) in [5, 5.41) is 12.3. The van der Waals surface area contributed by atoms with Crippen molar-refractivity contribution in [1.29, 1.82) is 0 Å². The molecule has 0 saturated heterocycles. The van der Waals surface area contributed by atoms with Crippen molar-refractivity contribution in [3.05, 3.63) is 29.3 Å². The van der Waals surface area contributed by atoms with Crippen LogP contribution in [0.1, 0.15) is 18.1 Å². The number of hydrogen-bond acceptors (Lipinski definition) is 2. The Hall–Kier alpha value is -1.02. The smallest absolute Gasteiger partial charge is 0.0684 e. The topological polar surface area (TPSA) is 32.3 Å². The van der Waals surface area contributed by atoms with E-state index in [1.54, 1.807) is 6.92 Å². The van der Waals surface area contributed by atoms with E-state index < -0.39 is 0 Å². The van der Waals surface area contributed by atoms with Gasteiger partial charge < -0.3 is 10.4 Å². The van der Waals surface area contributed by atoms with Gasteiger partial charge in [-0.15, -0.1) is 0 Å². The minimum atomic E-state index is -0.305. The summed E-state index contributed by atoms with van der Waals surface area (Å²) < 4.78 is 0. The highest BCUT2D eigenvalue weighted by atomic mass is 16.3. The molecule has 0 spiro atoms. The van der Waals surface area contributed by atoms with Crippen LogP contribution < -0.4 is 5.32 Å². The zero-order chi connectivity index (χ0) is 9.84. The SMILES string of the molecule is Cc1cc(C)cc(NCC(C)O)c1. The number of rotatable bonds is 3. The first-order valence-corrected chi connectivity index (χ1v) is 4.58. The third kappa shape index (κ3) is 3.47. The number of hydrogen-bond donors (Lipinski definition) is 2. The molecular formula is C11H17NO. The number of anilines is 1. The Bertz CT molecular complexity index is 261. The second-order valence-electron chi connectivity index (χ2n) is 3.61. The van der Waals surface area contributed by atoms with Crippen molar-refractivity contribution in [1.82, 2.24) is 0 Å². The molecule has 1 rings (SSSR count). The van der Waals surface area contributed by atoms with E-state index in [0.29, 0.717) is 6.54 Å². The van der Waals surface area contributed by atoms with Crippen LogP contribution in [0.4, 0.5) is 5.69 Å². The molecule has 1 atom stereocenters. The molecule has 0 aliphatic carbocycles. The Morgan fingerprint density at radius 1 is 1.23 bits per heavy atom. The van der Waals surface area contributed by atoms with Crippen LogP contribution >= 0.6 is 0 Å². The summed E-state index contributed by atoms with van der Waals surface area (Å²) in [6, 6.07) is 6.29. The molecule has 1 aromatic rings. The van der Waals surface area contributed by atoms with Crippen molar-refractivity contribution >= 4 is 5.69 Å². The zero-order valence-electron chi connectivity index (χ0n) is 8.46. The number of aliphatic hydroxyl groups excluding tert-OH is 1. The van der Waals surface area contributed by atoms with E-state index in [9.17, 15) is 0 Å². The molecule has 1 aromatic carbocycles. The van der Waals surface area contributed by atoms with Gasteiger partial charge in [0, 0.05) is 12.2 Å². The maximum atomic E-state index is 9.09. The molecule has 0 radical (unpaired) electrons. The first kappa shape index (κ1) is 10.1. The fourth-order valence-electron chi connectivity index (χ4n) is 1.34. The summed E-state index contributed by atoms with van der Waals surface area (Å²) in [5.41, 5.74) is 3.57. The lowest BCUT2D eigenvalue weighted by Crippen LogP contribution is -2.15. The molecule has 0 aliphatic heterocycles. The molecule has 0 bridgehead atoms. The van der Waals surface area contributed by atoms with Crippen LogP contribution in [-0.2, 0) is 0 Å².